The van der Waals surface area contributed by atoms with Crippen LogP contribution in [0.5, 0.6) is 5.75 Å². The van der Waals surface area contributed by atoms with Crippen LogP contribution >= 0.6 is 0 Å². The first kappa shape index (κ1) is 21.4. The third-order valence-electron chi connectivity index (χ3n) is 3.94. The molecule has 0 saturated carbocycles. The van der Waals surface area contributed by atoms with E-state index in [1.54, 1.807) is 24.3 Å². The Hall–Kier alpha value is -2.95. The molecule has 0 fully saturated rings. The van der Waals surface area contributed by atoms with Crippen LogP contribution in [0, 0.1) is 24.0 Å². The van der Waals surface area contributed by atoms with Crippen LogP contribution in [0.2, 0.25) is 0 Å². The number of ether oxygens (including phenoxy) is 1. The molecule has 152 valence electrons. The number of nitrogens with one attached hydrogen (secondary N) is 1. The summed E-state index contributed by atoms with van der Waals surface area (Å²) in [6, 6.07) is 7.12. The van der Waals surface area contributed by atoms with Gasteiger partial charge >= 0.3 is 5.69 Å². The third kappa shape index (κ3) is 5.28. The molecule has 0 spiro atoms. The van der Waals surface area contributed by atoms with E-state index >= 15 is 0 Å². The number of carbonyl (C=O) groups is 1. The lowest BCUT2D eigenvalue weighted by molar-refractivity contribution is -0.386. The van der Waals surface area contributed by atoms with Crippen LogP contribution in [0.4, 0.5) is 5.69 Å². The fourth-order valence-electron chi connectivity index (χ4n) is 2.70. The predicted molar refractivity (Wildman–Crippen MR) is 102 cm³/mol. The second kappa shape index (κ2) is 8.83. The molecule has 0 radical (unpaired) electrons. The summed E-state index contributed by atoms with van der Waals surface area (Å²) >= 11 is 0. The Labute approximate surface area is 162 Å². The van der Waals surface area contributed by atoms with Gasteiger partial charge in [0.1, 0.15) is 28.8 Å². The highest BCUT2D eigenvalue weighted by Crippen LogP contribution is 2.22. The number of rotatable bonds is 9. The van der Waals surface area contributed by atoms with E-state index in [-0.39, 0.29) is 23.6 Å². The van der Waals surface area contributed by atoms with Crippen LogP contribution in [0.3, 0.4) is 0 Å². The van der Waals surface area contributed by atoms with Crippen molar-refractivity contribution in [1.29, 1.82) is 0 Å². The molecule has 0 saturated heterocycles. The average molecular weight is 410 g/mol. The Kier molecular flexibility index (Phi) is 6.73. The molecule has 0 aliphatic carbocycles. The Morgan fingerprint density at radius 3 is 2.61 bits per heavy atom. The maximum atomic E-state index is 12.3. The monoisotopic (exact) mass is 410 g/mol. The lowest BCUT2D eigenvalue weighted by atomic mass is 10.2. The van der Waals surface area contributed by atoms with E-state index in [0.717, 1.165) is 10.2 Å². The van der Waals surface area contributed by atoms with Crippen molar-refractivity contribution >= 4 is 21.4 Å². The Morgan fingerprint density at radius 2 is 2.00 bits per heavy atom. The van der Waals surface area contributed by atoms with Crippen LogP contribution in [-0.2, 0) is 27.1 Å². The first-order valence-corrected chi connectivity index (χ1v) is 10.3. The van der Waals surface area contributed by atoms with E-state index in [1.165, 1.54) is 13.8 Å². The van der Waals surface area contributed by atoms with E-state index in [1.807, 2.05) is 6.92 Å². The minimum atomic E-state index is -3.88. The fourth-order valence-corrected chi connectivity index (χ4v) is 3.92. The number of hydrogen-bond donors (Lipinski definition) is 1. The fraction of sp³-hybridized carbons (Fsp3) is 0.412. The van der Waals surface area contributed by atoms with Gasteiger partial charge in [-0.2, -0.15) is 5.10 Å². The third-order valence-corrected chi connectivity index (χ3v) is 5.28. The molecule has 1 N–H and O–H groups in total. The second-order valence-electron chi connectivity index (χ2n) is 6.11. The summed E-state index contributed by atoms with van der Waals surface area (Å²) < 4.78 is 31.1. The van der Waals surface area contributed by atoms with Crippen LogP contribution < -0.4 is 10.1 Å². The summed E-state index contributed by atoms with van der Waals surface area (Å²) in [5, 5.41) is 17.5. The summed E-state index contributed by atoms with van der Waals surface area (Å²) in [4.78, 5) is 22.5. The number of aromatic nitrogens is 2. The van der Waals surface area contributed by atoms with Crippen LogP contribution in [0.1, 0.15) is 23.9 Å². The molecule has 10 nitrogen and oxygen atoms in total. The number of sulfone groups is 1. The van der Waals surface area contributed by atoms with Crippen molar-refractivity contribution in [2.24, 2.45) is 0 Å². The molecule has 1 amide bonds. The SMILES string of the molecule is CCOc1ccccc1CNC(=O)CS(=O)(=O)Cn1nc(C)c([N+](=O)[O-])c1C. The molecule has 28 heavy (non-hydrogen) atoms. The van der Waals surface area contributed by atoms with Gasteiger partial charge in [-0.15, -0.1) is 0 Å². The summed E-state index contributed by atoms with van der Waals surface area (Å²) in [7, 11) is -3.88. The first-order valence-electron chi connectivity index (χ1n) is 8.50. The number of hydrogen-bond acceptors (Lipinski definition) is 7. The Bertz CT molecular complexity index is 984. The molecule has 0 aliphatic heterocycles. The molecule has 2 aromatic rings. The van der Waals surface area contributed by atoms with Gasteiger partial charge in [-0.05, 0) is 26.8 Å². The van der Waals surface area contributed by atoms with Crippen molar-refractivity contribution in [2.75, 3.05) is 12.4 Å². The van der Waals surface area contributed by atoms with Gasteiger partial charge in [0.25, 0.3) is 0 Å². The van der Waals surface area contributed by atoms with E-state index in [0.29, 0.717) is 12.4 Å². The zero-order chi connectivity index (χ0) is 20.9. The van der Waals surface area contributed by atoms with Crippen molar-refractivity contribution in [2.45, 2.75) is 33.2 Å². The highest BCUT2D eigenvalue weighted by molar-refractivity contribution is 7.91. The van der Waals surface area contributed by atoms with Crippen LogP contribution in [-0.4, -0.2) is 41.4 Å². The quantitative estimate of drug-likeness (QED) is 0.489. The van der Waals surface area contributed by atoms with Gasteiger partial charge in [0, 0.05) is 12.1 Å². The molecule has 0 bridgehead atoms. The second-order valence-corrected chi connectivity index (χ2v) is 8.14. The minimum absolute atomic E-state index is 0.120. The van der Waals surface area contributed by atoms with Crippen LogP contribution in [0.15, 0.2) is 24.3 Å². The van der Waals surface area contributed by atoms with Crippen molar-refractivity contribution in [1.82, 2.24) is 15.1 Å². The van der Waals surface area contributed by atoms with Gasteiger partial charge in [0.05, 0.1) is 11.5 Å². The largest absolute Gasteiger partial charge is 0.494 e. The lowest BCUT2D eigenvalue weighted by Gasteiger charge is -2.11. The normalized spacial score (nSPS) is 11.2. The molecule has 11 heteroatoms. The predicted octanol–water partition coefficient (Wildman–Crippen LogP) is 1.50. The molecular formula is C17H22N4O6S. The first-order chi connectivity index (χ1) is 13.1. The Morgan fingerprint density at radius 1 is 1.32 bits per heavy atom. The van der Waals surface area contributed by atoms with Gasteiger partial charge in [0.2, 0.25) is 5.91 Å². The van der Waals surface area contributed by atoms with E-state index in [2.05, 4.69) is 10.4 Å². The number of para-hydroxylation sites is 1. The zero-order valence-corrected chi connectivity index (χ0v) is 16.7. The van der Waals surface area contributed by atoms with Gasteiger partial charge < -0.3 is 10.1 Å². The van der Waals surface area contributed by atoms with E-state index < -0.39 is 32.3 Å². The maximum absolute atomic E-state index is 12.3. The van der Waals surface area contributed by atoms with Crippen molar-refractivity contribution in [3.63, 3.8) is 0 Å². The van der Waals surface area contributed by atoms with Gasteiger partial charge in [0.15, 0.2) is 9.84 Å². The van der Waals surface area contributed by atoms with Crippen LogP contribution in [0.25, 0.3) is 0 Å². The average Bonchev–Trinajstić information content (AvgIpc) is 2.86. The molecule has 0 aliphatic rings. The minimum Gasteiger partial charge on any atom is -0.494 e. The van der Waals surface area contributed by atoms with Crippen molar-refractivity contribution in [3.05, 3.63) is 51.3 Å². The molecule has 2 rings (SSSR count). The standard InChI is InChI=1S/C17H22N4O6S/c1-4-27-15-8-6-5-7-14(15)9-18-16(22)10-28(25,26)11-20-13(3)17(21(23)24)12(2)19-20/h5-8H,4,9-11H2,1-3H3,(H,18,22). The van der Waals surface area contributed by atoms with Gasteiger partial charge in [-0.1, -0.05) is 18.2 Å². The maximum Gasteiger partial charge on any atom is 0.312 e. The Balaban J connectivity index is 2.02. The number of carbonyl (C=O) groups excluding carboxylic acids is 1. The van der Waals surface area contributed by atoms with Gasteiger partial charge in [-0.25, -0.2) is 13.1 Å². The van der Waals surface area contributed by atoms with E-state index in [4.69, 9.17) is 4.74 Å². The molecule has 0 atom stereocenters. The van der Waals surface area contributed by atoms with Gasteiger partial charge in [-0.3, -0.25) is 14.9 Å². The molecule has 1 aromatic heterocycles. The summed E-state index contributed by atoms with van der Waals surface area (Å²) in [5.41, 5.74) is 0.739. The van der Waals surface area contributed by atoms with E-state index in [9.17, 15) is 23.3 Å². The molecule has 1 heterocycles. The number of benzene rings is 1. The highest BCUT2D eigenvalue weighted by Gasteiger charge is 2.25. The summed E-state index contributed by atoms with van der Waals surface area (Å²) in [6.45, 7) is 5.27. The summed E-state index contributed by atoms with van der Waals surface area (Å²) in [6.07, 6.45) is 0. The molecular weight excluding hydrogens is 388 g/mol. The number of nitro groups is 1. The molecule has 0 unspecified atom stereocenters. The van der Waals surface area contributed by atoms with Crippen molar-refractivity contribution < 1.29 is 22.9 Å². The number of aryl methyl sites for hydroxylation is 1. The topological polar surface area (TPSA) is 133 Å². The highest BCUT2D eigenvalue weighted by atomic mass is 32.2. The zero-order valence-electron chi connectivity index (χ0n) is 15.8. The lowest BCUT2D eigenvalue weighted by Crippen LogP contribution is -2.31. The number of nitrogens with zero attached hydrogens (tertiary/aromatic N) is 3. The number of amides is 1. The smallest absolute Gasteiger partial charge is 0.312 e. The summed E-state index contributed by atoms with van der Waals surface area (Å²) in [5.74, 6) is -1.43. The van der Waals surface area contributed by atoms with Crippen molar-refractivity contribution in [3.8, 4) is 5.75 Å². The molecule has 1 aromatic carbocycles.